The monoisotopic (exact) mass is 484 g/mol. The van der Waals surface area contributed by atoms with Gasteiger partial charge >= 0.3 is 0 Å². The van der Waals surface area contributed by atoms with E-state index in [2.05, 4.69) is 9.97 Å². The first kappa shape index (κ1) is 21.7. The molecule has 8 heteroatoms. The third-order valence-corrected chi connectivity index (χ3v) is 7.86. The van der Waals surface area contributed by atoms with Crippen molar-refractivity contribution in [3.05, 3.63) is 70.8 Å². The number of thioether (sulfide) groups is 1. The number of carbonyl (C=O) groups is 1. The minimum absolute atomic E-state index is 0.0356. The van der Waals surface area contributed by atoms with E-state index in [1.54, 1.807) is 19.4 Å². The van der Waals surface area contributed by atoms with Crippen molar-refractivity contribution in [2.24, 2.45) is 0 Å². The molecule has 1 amide bonds. The Balaban J connectivity index is 1.32. The van der Waals surface area contributed by atoms with E-state index in [4.69, 9.17) is 9.72 Å². The molecule has 2 N–H and O–H groups in total. The number of methoxy groups -OCH3 is 1. The molecule has 0 saturated carbocycles. The van der Waals surface area contributed by atoms with E-state index in [-0.39, 0.29) is 11.7 Å². The summed E-state index contributed by atoms with van der Waals surface area (Å²) in [6.07, 6.45) is 3.71. The van der Waals surface area contributed by atoms with Crippen molar-refractivity contribution in [1.29, 1.82) is 0 Å². The van der Waals surface area contributed by atoms with Crippen molar-refractivity contribution >= 4 is 28.7 Å². The second kappa shape index (κ2) is 8.78. The van der Waals surface area contributed by atoms with Crippen molar-refractivity contribution in [3.8, 4) is 34.1 Å². The van der Waals surface area contributed by atoms with Gasteiger partial charge in [-0.15, -0.1) is 11.8 Å². The average molecular weight is 485 g/mol. The number of benzene rings is 2. The fourth-order valence-corrected chi connectivity index (χ4v) is 5.99. The van der Waals surface area contributed by atoms with Gasteiger partial charge in [0.15, 0.2) is 0 Å². The van der Waals surface area contributed by atoms with Gasteiger partial charge in [0.25, 0.3) is 5.91 Å². The molecule has 176 valence electrons. The highest BCUT2D eigenvalue weighted by molar-refractivity contribution is 8.03. The molecule has 0 spiro atoms. The van der Waals surface area contributed by atoms with Gasteiger partial charge in [-0.3, -0.25) is 4.79 Å². The molecule has 2 aliphatic rings. The summed E-state index contributed by atoms with van der Waals surface area (Å²) in [5, 5.41) is 10.6. The average Bonchev–Trinajstić information content (AvgIpc) is 3.54. The van der Waals surface area contributed by atoms with Crippen LogP contribution in [0, 0.1) is 0 Å². The van der Waals surface area contributed by atoms with Crippen molar-refractivity contribution in [2.75, 3.05) is 26.0 Å². The zero-order valence-corrected chi connectivity index (χ0v) is 20.1. The molecule has 0 radical (unpaired) electrons. The molecule has 35 heavy (non-hydrogen) atoms. The standard InChI is InChI=1S/C27H24N4O3S/c1-34-26-19(3-2-10-28-26)16-5-7-23(32)20(13-16)25-29-21-6-4-17(14-22(21)30-25)27(33)31-11-8-24-18(15-31)9-12-35-24/h2-7,10,13-14,32H,8-9,11-12,15H2,1H3,(H,29,30). The molecule has 0 unspecified atom stereocenters. The zero-order valence-electron chi connectivity index (χ0n) is 19.2. The number of nitrogens with zero attached hydrogens (tertiary/aromatic N) is 3. The molecule has 6 rings (SSSR count). The minimum atomic E-state index is 0.0356. The molecule has 0 fully saturated rings. The van der Waals surface area contributed by atoms with Crippen molar-refractivity contribution in [3.63, 3.8) is 0 Å². The first-order valence-electron chi connectivity index (χ1n) is 11.6. The van der Waals surface area contributed by atoms with Crippen LogP contribution >= 0.6 is 11.8 Å². The highest BCUT2D eigenvalue weighted by Gasteiger charge is 2.27. The zero-order chi connectivity index (χ0) is 23.9. The van der Waals surface area contributed by atoms with Crippen molar-refractivity contribution in [1.82, 2.24) is 19.9 Å². The maximum atomic E-state index is 13.2. The molecule has 4 aromatic rings. The lowest BCUT2D eigenvalue weighted by molar-refractivity contribution is 0.0764. The number of aromatic nitrogens is 3. The Morgan fingerprint density at radius 3 is 2.94 bits per heavy atom. The maximum Gasteiger partial charge on any atom is 0.254 e. The van der Waals surface area contributed by atoms with Crippen molar-refractivity contribution < 1.29 is 14.6 Å². The number of carbonyl (C=O) groups excluding carboxylic acids is 1. The van der Waals surface area contributed by atoms with Crippen LogP contribution in [0.2, 0.25) is 0 Å². The Hall–Kier alpha value is -3.78. The lowest BCUT2D eigenvalue weighted by atomic mass is 10.0. The Morgan fingerprint density at radius 1 is 1.14 bits per heavy atom. The molecule has 0 bridgehead atoms. The van der Waals surface area contributed by atoms with E-state index < -0.39 is 0 Å². The molecule has 2 aliphatic heterocycles. The number of phenols is 1. The van der Waals surface area contributed by atoms with E-state index in [0.717, 1.165) is 48.3 Å². The van der Waals surface area contributed by atoms with E-state index in [0.29, 0.717) is 28.3 Å². The van der Waals surface area contributed by atoms with Crippen LogP contribution in [0.5, 0.6) is 11.6 Å². The van der Waals surface area contributed by atoms with Crippen LogP contribution in [0.15, 0.2) is 65.2 Å². The second-order valence-electron chi connectivity index (χ2n) is 8.71. The quantitative estimate of drug-likeness (QED) is 0.412. The number of H-pyrrole nitrogens is 1. The van der Waals surface area contributed by atoms with Crippen LogP contribution in [-0.2, 0) is 0 Å². The molecule has 4 heterocycles. The molecule has 0 atom stereocenters. The molecule has 7 nitrogen and oxygen atoms in total. The predicted octanol–water partition coefficient (Wildman–Crippen LogP) is 5.24. The second-order valence-corrected chi connectivity index (χ2v) is 9.90. The first-order chi connectivity index (χ1) is 17.1. The van der Waals surface area contributed by atoms with E-state index in [1.807, 2.05) is 59.1 Å². The van der Waals surface area contributed by atoms with E-state index in [9.17, 15) is 9.90 Å². The SMILES string of the molecule is COc1ncccc1-c1ccc(O)c(-c2nc3cc(C(=O)N4CCC5=C(CCS5)C4)ccc3[nH]2)c1. The third-order valence-electron chi connectivity index (χ3n) is 6.61. The van der Waals surface area contributed by atoms with Gasteiger partial charge in [0, 0.05) is 36.2 Å². The number of aromatic hydroxyl groups is 1. The summed E-state index contributed by atoms with van der Waals surface area (Å²) < 4.78 is 5.40. The summed E-state index contributed by atoms with van der Waals surface area (Å²) >= 11 is 1.94. The van der Waals surface area contributed by atoms with E-state index >= 15 is 0 Å². The van der Waals surface area contributed by atoms with Crippen LogP contribution in [0.1, 0.15) is 23.2 Å². The van der Waals surface area contributed by atoms with Crippen LogP contribution in [-0.4, -0.2) is 56.8 Å². The molecule has 2 aromatic heterocycles. The Kier molecular flexibility index (Phi) is 5.45. The normalized spacial score (nSPS) is 15.5. The molecule has 0 saturated heterocycles. The number of aromatic amines is 1. The number of ether oxygens (including phenoxy) is 1. The van der Waals surface area contributed by atoms with Crippen LogP contribution < -0.4 is 4.74 Å². The highest BCUT2D eigenvalue weighted by atomic mass is 32.2. The number of hydrogen-bond acceptors (Lipinski definition) is 6. The number of rotatable bonds is 4. The fourth-order valence-electron chi connectivity index (χ4n) is 4.79. The van der Waals surface area contributed by atoms with Gasteiger partial charge in [-0.25, -0.2) is 9.97 Å². The maximum absolute atomic E-state index is 13.2. The number of hydrogen-bond donors (Lipinski definition) is 2. The Morgan fingerprint density at radius 2 is 2.06 bits per heavy atom. The number of nitrogens with one attached hydrogen (secondary N) is 1. The van der Waals surface area contributed by atoms with Gasteiger partial charge in [0.2, 0.25) is 5.88 Å². The van der Waals surface area contributed by atoms with Crippen LogP contribution in [0.4, 0.5) is 0 Å². The minimum Gasteiger partial charge on any atom is -0.507 e. The summed E-state index contributed by atoms with van der Waals surface area (Å²) in [5.41, 5.74) is 5.76. The van der Waals surface area contributed by atoms with E-state index in [1.165, 1.54) is 10.5 Å². The summed E-state index contributed by atoms with van der Waals surface area (Å²) in [4.78, 5) is 28.9. The van der Waals surface area contributed by atoms with Gasteiger partial charge in [0.1, 0.15) is 11.6 Å². The predicted molar refractivity (Wildman–Crippen MR) is 138 cm³/mol. The van der Waals surface area contributed by atoms with Gasteiger partial charge < -0.3 is 19.7 Å². The third kappa shape index (κ3) is 3.93. The molecule has 0 aliphatic carbocycles. The smallest absolute Gasteiger partial charge is 0.254 e. The molecular formula is C27H24N4O3S. The number of phenolic OH excluding ortho intramolecular Hbond substituents is 1. The number of pyridine rings is 1. The fraction of sp³-hybridized carbons (Fsp3) is 0.222. The number of fused-ring (bicyclic) bond motifs is 1. The van der Waals surface area contributed by atoms with Crippen LogP contribution in [0.3, 0.4) is 0 Å². The van der Waals surface area contributed by atoms with Gasteiger partial charge in [-0.2, -0.15) is 0 Å². The lowest BCUT2D eigenvalue weighted by Crippen LogP contribution is -2.36. The van der Waals surface area contributed by atoms with Gasteiger partial charge in [-0.1, -0.05) is 6.07 Å². The Labute approximate surface area is 206 Å². The first-order valence-corrected chi connectivity index (χ1v) is 12.5. The van der Waals surface area contributed by atoms with Gasteiger partial charge in [-0.05, 0) is 71.3 Å². The molecular weight excluding hydrogens is 460 g/mol. The van der Waals surface area contributed by atoms with Crippen molar-refractivity contribution in [2.45, 2.75) is 12.8 Å². The Bertz CT molecular complexity index is 1490. The number of imidazole rings is 1. The summed E-state index contributed by atoms with van der Waals surface area (Å²) in [6, 6.07) is 14.6. The van der Waals surface area contributed by atoms with Crippen LogP contribution in [0.25, 0.3) is 33.5 Å². The summed E-state index contributed by atoms with van der Waals surface area (Å²) in [6.45, 7) is 1.48. The number of amides is 1. The lowest BCUT2D eigenvalue weighted by Gasteiger charge is -2.28. The summed E-state index contributed by atoms with van der Waals surface area (Å²) in [5.74, 6) is 2.32. The summed E-state index contributed by atoms with van der Waals surface area (Å²) in [7, 11) is 1.58. The van der Waals surface area contributed by atoms with Gasteiger partial charge in [0.05, 0.1) is 23.7 Å². The molecule has 2 aromatic carbocycles. The highest BCUT2D eigenvalue weighted by Crippen LogP contribution is 2.38. The topological polar surface area (TPSA) is 91.3 Å². The largest absolute Gasteiger partial charge is 0.507 e.